The van der Waals surface area contributed by atoms with Gasteiger partial charge in [0, 0.05) is 30.6 Å². The quantitative estimate of drug-likeness (QED) is 0.499. The van der Waals surface area contributed by atoms with Gasteiger partial charge in [-0.15, -0.1) is 0 Å². The second kappa shape index (κ2) is 10.7. The van der Waals surface area contributed by atoms with E-state index in [2.05, 4.69) is 0 Å². The summed E-state index contributed by atoms with van der Waals surface area (Å²) in [7, 11) is -3.04. The molecule has 9 heteroatoms. The molecule has 1 aromatic carbocycles. The Morgan fingerprint density at radius 3 is 2.21 bits per heavy atom. The minimum atomic E-state index is -3.04. The number of hydrogen-bond acceptors (Lipinski definition) is 5. The summed E-state index contributed by atoms with van der Waals surface area (Å²) in [5.74, 6) is -2.80. The summed E-state index contributed by atoms with van der Waals surface area (Å²) in [6.07, 6.45) is 8.06. The molecule has 34 heavy (non-hydrogen) atoms. The van der Waals surface area contributed by atoms with E-state index in [4.69, 9.17) is 5.73 Å². The fourth-order valence-electron chi connectivity index (χ4n) is 3.78. The Morgan fingerprint density at radius 1 is 1.18 bits per heavy atom. The second-order valence-corrected chi connectivity index (χ2v) is 11.6. The highest BCUT2D eigenvalue weighted by Gasteiger charge is 2.52. The molecule has 4 N–H and O–H groups in total. The molecule has 3 rings (SSSR count). The van der Waals surface area contributed by atoms with E-state index >= 15 is 0 Å². The molecule has 186 valence electrons. The van der Waals surface area contributed by atoms with Crippen LogP contribution in [0.1, 0.15) is 38.8 Å². The number of hydrogen-bond donors (Lipinski definition) is 3. The van der Waals surface area contributed by atoms with E-state index in [1.807, 2.05) is 51.1 Å². The Bertz CT molecular complexity index is 1090. The lowest BCUT2D eigenvalue weighted by atomic mass is 9.55. The van der Waals surface area contributed by atoms with Crippen molar-refractivity contribution in [1.82, 2.24) is 4.31 Å². The predicted molar refractivity (Wildman–Crippen MR) is 132 cm³/mol. The summed E-state index contributed by atoms with van der Waals surface area (Å²) in [6.45, 7) is 9.14. The van der Waals surface area contributed by atoms with Crippen LogP contribution in [0.3, 0.4) is 0 Å². The van der Waals surface area contributed by atoms with Crippen LogP contribution in [0.15, 0.2) is 54.1 Å². The van der Waals surface area contributed by atoms with Gasteiger partial charge < -0.3 is 15.9 Å². The van der Waals surface area contributed by atoms with Gasteiger partial charge in [-0.1, -0.05) is 82.3 Å². The summed E-state index contributed by atoms with van der Waals surface area (Å²) < 4.78 is 24.6. The lowest BCUT2D eigenvalue weighted by Crippen LogP contribution is -2.47. The zero-order valence-corrected chi connectivity index (χ0v) is 20.9. The van der Waals surface area contributed by atoms with Gasteiger partial charge in [-0.25, -0.2) is 13.2 Å². The van der Waals surface area contributed by atoms with Gasteiger partial charge in [0.2, 0.25) is 10.0 Å². The Morgan fingerprint density at radius 2 is 1.76 bits per heavy atom. The van der Waals surface area contributed by atoms with E-state index < -0.39 is 38.7 Å². The Hall–Kier alpha value is -2.75. The average molecular weight is 491 g/mol. The smallest absolute Gasteiger partial charge is 0.332 e. The van der Waals surface area contributed by atoms with E-state index in [-0.39, 0.29) is 11.3 Å². The fourth-order valence-corrected chi connectivity index (χ4v) is 4.97. The van der Waals surface area contributed by atoms with Crippen molar-refractivity contribution in [2.45, 2.75) is 34.2 Å². The zero-order chi connectivity index (χ0) is 25.7. The first-order valence-electron chi connectivity index (χ1n) is 11.0. The monoisotopic (exact) mass is 490 g/mol. The Labute approximate surface area is 201 Å². The highest BCUT2D eigenvalue weighted by Crippen LogP contribution is 2.52. The van der Waals surface area contributed by atoms with Crippen molar-refractivity contribution >= 4 is 28.0 Å². The van der Waals surface area contributed by atoms with Crippen molar-refractivity contribution in [2.24, 2.45) is 22.5 Å². The molecule has 1 fully saturated rings. The van der Waals surface area contributed by atoms with Crippen molar-refractivity contribution in [3.05, 3.63) is 65.3 Å². The highest BCUT2D eigenvalue weighted by molar-refractivity contribution is 7.89. The fraction of sp³-hybridized carbons (Fsp3) is 0.440. The molecule has 1 aromatic rings. The first kappa shape index (κ1) is 27.5. The minimum absolute atomic E-state index is 0.0750. The molecule has 0 aromatic heterocycles. The van der Waals surface area contributed by atoms with E-state index in [1.54, 1.807) is 19.1 Å². The largest absolute Gasteiger partial charge is 0.481 e. The van der Waals surface area contributed by atoms with Gasteiger partial charge in [-0.05, 0) is 16.5 Å². The van der Waals surface area contributed by atoms with Crippen LogP contribution in [0, 0.1) is 16.7 Å². The van der Waals surface area contributed by atoms with E-state index in [9.17, 15) is 28.2 Å². The predicted octanol–water partition coefficient (Wildman–Crippen LogP) is 3.12. The number of sulfonamides is 1. The highest BCUT2D eigenvalue weighted by atomic mass is 32.2. The van der Waals surface area contributed by atoms with Crippen molar-refractivity contribution in [3.8, 4) is 0 Å². The number of benzene rings is 1. The number of aliphatic carboxylic acids is 2. The number of carbonyl (C=O) groups is 2. The first-order valence-corrected chi connectivity index (χ1v) is 12.6. The normalized spacial score (nSPS) is 22.6. The third kappa shape index (κ3) is 6.43. The van der Waals surface area contributed by atoms with Crippen LogP contribution >= 0.6 is 0 Å². The van der Waals surface area contributed by atoms with Gasteiger partial charge in [0.25, 0.3) is 0 Å². The van der Waals surface area contributed by atoms with Crippen LogP contribution in [-0.2, 0) is 26.2 Å². The van der Waals surface area contributed by atoms with Crippen LogP contribution in [0.25, 0.3) is 6.08 Å². The molecule has 0 amide bonds. The third-order valence-corrected chi connectivity index (χ3v) is 8.20. The van der Waals surface area contributed by atoms with Crippen LogP contribution in [-0.4, -0.2) is 53.7 Å². The van der Waals surface area contributed by atoms with Crippen molar-refractivity contribution in [1.29, 1.82) is 0 Å². The summed E-state index contributed by atoms with van der Waals surface area (Å²) in [4.78, 5) is 22.6. The molecule has 1 aliphatic heterocycles. The van der Waals surface area contributed by atoms with E-state index in [0.717, 1.165) is 11.1 Å². The van der Waals surface area contributed by atoms with Crippen LogP contribution in [0.4, 0.5) is 0 Å². The Balaban J connectivity index is 0.000000240. The van der Waals surface area contributed by atoms with Crippen LogP contribution < -0.4 is 5.73 Å². The van der Waals surface area contributed by atoms with Crippen molar-refractivity contribution < 1.29 is 28.2 Å². The molecule has 1 saturated heterocycles. The zero-order valence-electron chi connectivity index (χ0n) is 20.1. The Kier molecular flexibility index (Phi) is 8.63. The number of carboxylic acids is 2. The lowest BCUT2D eigenvalue weighted by Gasteiger charge is -2.46. The van der Waals surface area contributed by atoms with Gasteiger partial charge in [0.15, 0.2) is 0 Å². The van der Waals surface area contributed by atoms with Gasteiger partial charge in [0.1, 0.15) is 0 Å². The van der Waals surface area contributed by atoms with Crippen LogP contribution in [0.5, 0.6) is 0 Å². The van der Waals surface area contributed by atoms with Gasteiger partial charge in [0.05, 0.1) is 11.7 Å². The molecule has 0 bridgehead atoms. The van der Waals surface area contributed by atoms with Gasteiger partial charge >= 0.3 is 11.9 Å². The first-order chi connectivity index (χ1) is 15.7. The molecule has 1 heterocycles. The number of nitrogens with two attached hydrogens (primary N) is 1. The van der Waals surface area contributed by atoms with Crippen molar-refractivity contribution in [2.75, 3.05) is 18.8 Å². The van der Waals surface area contributed by atoms with Crippen LogP contribution in [0.2, 0.25) is 0 Å². The summed E-state index contributed by atoms with van der Waals surface area (Å²) >= 11 is 0. The lowest BCUT2D eigenvalue weighted by molar-refractivity contribution is -0.147. The van der Waals surface area contributed by atoms with Crippen molar-refractivity contribution in [3.63, 3.8) is 0 Å². The maximum Gasteiger partial charge on any atom is 0.332 e. The number of rotatable bonds is 7. The summed E-state index contributed by atoms with van der Waals surface area (Å²) in [5.41, 5.74) is 6.31. The van der Waals surface area contributed by atoms with E-state index in [0.29, 0.717) is 19.6 Å². The van der Waals surface area contributed by atoms with E-state index in [1.165, 1.54) is 16.5 Å². The molecule has 0 radical (unpaired) electrons. The van der Waals surface area contributed by atoms with Gasteiger partial charge in [-0.3, -0.25) is 4.79 Å². The number of nitrogens with zero attached hydrogens (tertiary/aromatic N) is 1. The average Bonchev–Trinajstić information content (AvgIpc) is 3.60. The summed E-state index contributed by atoms with van der Waals surface area (Å²) in [6, 6.07) is 7.75. The molecule has 2 atom stereocenters. The number of allylic oxidation sites excluding steroid dienone is 2. The van der Waals surface area contributed by atoms with Gasteiger partial charge in [-0.2, -0.15) is 4.31 Å². The maximum absolute atomic E-state index is 11.5. The standard InChI is InChI=1S/C13H18O4.C12H16N2O2S/c1-12(2,3)13(4)8(10(14)15)6-5-7-9(13)11(16)17;13-10-12-5-3-11(4-6-12)2-1-9-17(15,16)14-7-8-14/h5-8H,1-4H3,(H,14,15)(H,16,17);1-6H,7-10,13H2. The molecular formula is C25H34N2O6S. The minimum Gasteiger partial charge on any atom is -0.481 e. The maximum atomic E-state index is 11.5. The molecule has 1 aliphatic carbocycles. The molecule has 0 saturated carbocycles. The number of carboxylic acid groups (broad SMARTS) is 2. The third-order valence-electron chi connectivity index (χ3n) is 6.43. The molecule has 2 aliphatic rings. The molecule has 8 nitrogen and oxygen atoms in total. The second-order valence-electron chi connectivity index (χ2n) is 9.56. The molecule has 2 unspecified atom stereocenters. The topological polar surface area (TPSA) is 138 Å². The summed E-state index contributed by atoms with van der Waals surface area (Å²) in [5, 5.41) is 18.5. The molecule has 0 spiro atoms. The SMILES string of the molecule is CC(C)(C)C1(C)C(C(=O)O)=CC=CC1C(=O)O.NCc1ccc(C=CCS(=O)(=O)N2CC2)cc1. The molecular weight excluding hydrogens is 456 g/mol.